The molecule has 5 rings (SSSR count). The van der Waals surface area contributed by atoms with Crippen LogP contribution in [0.15, 0.2) is 30.9 Å². The Morgan fingerprint density at radius 3 is 2.81 bits per heavy atom. The lowest BCUT2D eigenvalue weighted by Gasteiger charge is -2.39. The largest absolute Gasteiger partial charge is 0.507 e. The first-order chi connectivity index (χ1) is 17.3. The minimum absolute atomic E-state index is 0.0201. The average Bonchev–Trinajstić information content (AvgIpc) is 3.20. The van der Waals surface area contributed by atoms with E-state index in [1.165, 1.54) is 24.3 Å². The molecule has 1 aromatic carbocycles. The first-order valence-electron chi connectivity index (χ1n) is 11.7. The Hall–Kier alpha value is -3.37. The molecule has 3 aliphatic heterocycles. The summed E-state index contributed by atoms with van der Waals surface area (Å²) in [5.74, 6) is -1.71. The minimum Gasteiger partial charge on any atom is -0.507 e. The number of carbonyl (C=O) groups is 2. The zero-order valence-corrected chi connectivity index (χ0v) is 20.5. The van der Waals surface area contributed by atoms with E-state index in [9.17, 15) is 19.1 Å². The summed E-state index contributed by atoms with van der Waals surface area (Å²) in [5.41, 5.74) is -0.233. The van der Waals surface area contributed by atoms with Gasteiger partial charge in [0, 0.05) is 32.7 Å². The summed E-state index contributed by atoms with van der Waals surface area (Å²) < 4.78 is 27.1. The second kappa shape index (κ2) is 9.59. The maximum absolute atomic E-state index is 14.8. The SMILES string of the molecule is C=CC(=O)N1CCN2C(=O)c3c(O[C@@H]4CCN(C)C4)nc(-c4c(O)cccc4F)c(Cl)c3OC[C@H]2C1. The third kappa shape index (κ3) is 4.24. The van der Waals surface area contributed by atoms with E-state index in [-0.39, 0.29) is 70.9 Å². The molecule has 0 unspecified atom stereocenters. The molecule has 2 fully saturated rings. The Kier molecular flexibility index (Phi) is 6.48. The van der Waals surface area contributed by atoms with Crippen molar-refractivity contribution in [1.29, 1.82) is 0 Å². The molecule has 0 spiro atoms. The van der Waals surface area contributed by atoms with Gasteiger partial charge in [-0.1, -0.05) is 24.2 Å². The lowest BCUT2D eigenvalue weighted by Crippen LogP contribution is -2.57. The van der Waals surface area contributed by atoms with Crippen molar-refractivity contribution in [3.8, 4) is 28.6 Å². The van der Waals surface area contributed by atoms with Crippen LogP contribution in [0.2, 0.25) is 5.02 Å². The van der Waals surface area contributed by atoms with Gasteiger partial charge in [-0.2, -0.15) is 0 Å². The number of hydrogen-bond acceptors (Lipinski definition) is 7. The topological polar surface area (TPSA) is 95.4 Å². The van der Waals surface area contributed by atoms with Crippen molar-refractivity contribution in [1.82, 2.24) is 19.7 Å². The number of nitrogens with zero attached hydrogens (tertiary/aromatic N) is 4. The molecule has 1 N–H and O–H groups in total. The number of ether oxygens (including phenoxy) is 2. The van der Waals surface area contributed by atoms with Crippen molar-refractivity contribution in [3.63, 3.8) is 0 Å². The van der Waals surface area contributed by atoms with Gasteiger partial charge in [0.2, 0.25) is 11.8 Å². The molecule has 2 amide bonds. The van der Waals surface area contributed by atoms with Crippen LogP contribution in [0.5, 0.6) is 17.4 Å². The van der Waals surface area contributed by atoms with E-state index < -0.39 is 17.8 Å². The number of aromatic hydroxyl groups is 1. The van der Waals surface area contributed by atoms with Crippen molar-refractivity contribution < 1.29 is 28.6 Å². The molecule has 0 saturated carbocycles. The number of aromatic nitrogens is 1. The second-order valence-corrected chi connectivity index (χ2v) is 9.54. The lowest BCUT2D eigenvalue weighted by atomic mass is 10.1. The zero-order chi connectivity index (χ0) is 25.6. The van der Waals surface area contributed by atoms with E-state index in [1.54, 1.807) is 9.80 Å². The number of halogens is 2. The number of pyridine rings is 1. The first kappa shape index (κ1) is 24.3. The summed E-state index contributed by atoms with van der Waals surface area (Å²) >= 11 is 6.68. The van der Waals surface area contributed by atoms with Gasteiger partial charge in [-0.25, -0.2) is 9.37 Å². The summed E-state index contributed by atoms with van der Waals surface area (Å²) in [6.07, 6.45) is 1.71. The molecule has 11 heteroatoms. The molecular formula is C25H26ClFN4O5. The number of fused-ring (bicyclic) bond motifs is 2. The average molecular weight is 517 g/mol. The van der Waals surface area contributed by atoms with Crippen LogP contribution in [0.25, 0.3) is 11.3 Å². The van der Waals surface area contributed by atoms with Crippen LogP contribution < -0.4 is 9.47 Å². The van der Waals surface area contributed by atoms with Gasteiger partial charge in [0.25, 0.3) is 5.91 Å². The van der Waals surface area contributed by atoms with Crippen LogP contribution >= 0.6 is 11.6 Å². The van der Waals surface area contributed by atoms with Crippen LogP contribution in [0.4, 0.5) is 4.39 Å². The van der Waals surface area contributed by atoms with Crippen molar-refractivity contribution >= 4 is 23.4 Å². The highest BCUT2D eigenvalue weighted by Gasteiger charge is 2.41. The predicted octanol–water partition coefficient (Wildman–Crippen LogP) is 2.56. The fraction of sp³-hybridized carbons (Fsp3) is 0.400. The van der Waals surface area contributed by atoms with E-state index in [1.807, 2.05) is 7.05 Å². The molecule has 190 valence electrons. The highest BCUT2D eigenvalue weighted by atomic mass is 35.5. The van der Waals surface area contributed by atoms with Gasteiger partial charge in [-0.05, 0) is 31.7 Å². The van der Waals surface area contributed by atoms with Gasteiger partial charge in [0.15, 0.2) is 5.75 Å². The molecule has 0 radical (unpaired) electrons. The normalized spacial score (nSPS) is 21.9. The number of likely N-dealkylation sites (tertiary alicyclic amines) is 1. The van der Waals surface area contributed by atoms with Gasteiger partial charge in [-0.15, -0.1) is 0 Å². The fourth-order valence-corrected chi connectivity index (χ4v) is 5.20. The maximum atomic E-state index is 14.8. The highest BCUT2D eigenvalue weighted by molar-refractivity contribution is 6.35. The van der Waals surface area contributed by atoms with Gasteiger partial charge in [-0.3, -0.25) is 9.59 Å². The number of amides is 2. The van der Waals surface area contributed by atoms with Crippen LogP contribution in [0, 0.1) is 5.82 Å². The molecule has 2 saturated heterocycles. The third-order valence-corrected chi connectivity index (χ3v) is 7.13. The lowest BCUT2D eigenvalue weighted by molar-refractivity contribution is -0.128. The maximum Gasteiger partial charge on any atom is 0.263 e. The molecule has 2 aromatic rings. The standard InChI is InChI=1S/C25H26ClFN4O5/c1-3-18(33)30-9-10-31-14(11-30)13-35-23-20(25(31)34)24(36-15-7-8-29(2)12-15)28-22(21(23)26)19-16(27)5-4-6-17(19)32/h3-6,14-15,32H,1,7-13H2,2H3/t14-,15-/m1/s1. The van der Waals surface area contributed by atoms with E-state index >= 15 is 0 Å². The highest BCUT2D eigenvalue weighted by Crippen LogP contribution is 2.46. The minimum atomic E-state index is -0.730. The number of piperazine rings is 1. The molecule has 1 aromatic heterocycles. The molecular weight excluding hydrogens is 491 g/mol. The summed E-state index contributed by atoms with van der Waals surface area (Å²) in [7, 11) is 1.96. The summed E-state index contributed by atoms with van der Waals surface area (Å²) in [6.45, 7) is 5.91. The van der Waals surface area contributed by atoms with E-state index in [2.05, 4.69) is 16.5 Å². The van der Waals surface area contributed by atoms with Crippen molar-refractivity contribution in [2.75, 3.05) is 46.4 Å². The van der Waals surface area contributed by atoms with E-state index in [0.717, 1.165) is 13.0 Å². The van der Waals surface area contributed by atoms with Crippen LogP contribution in [-0.2, 0) is 4.79 Å². The Labute approximate surface area is 212 Å². The van der Waals surface area contributed by atoms with E-state index in [4.69, 9.17) is 21.1 Å². The summed E-state index contributed by atoms with van der Waals surface area (Å²) in [5, 5.41) is 10.3. The van der Waals surface area contributed by atoms with Crippen molar-refractivity contribution in [2.24, 2.45) is 0 Å². The molecule has 0 bridgehead atoms. The number of likely N-dealkylation sites (N-methyl/N-ethyl adjacent to an activating group) is 1. The third-order valence-electron chi connectivity index (χ3n) is 6.78. The molecule has 2 atom stereocenters. The van der Waals surface area contributed by atoms with Crippen LogP contribution in [0.1, 0.15) is 16.8 Å². The molecule has 0 aliphatic carbocycles. The number of phenols is 1. The van der Waals surface area contributed by atoms with Gasteiger partial charge in [0.1, 0.15) is 40.6 Å². The van der Waals surface area contributed by atoms with Crippen LogP contribution in [-0.4, -0.2) is 95.1 Å². The smallest absolute Gasteiger partial charge is 0.263 e. The van der Waals surface area contributed by atoms with Crippen molar-refractivity contribution in [2.45, 2.75) is 18.6 Å². The Balaban J connectivity index is 1.61. The first-order valence-corrected chi connectivity index (χ1v) is 12.1. The predicted molar refractivity (Wildman–Crippen MR) is 130 cm³/mol. The van der Waals surface area contributed by atoms with Gasteiger partial charge in [0.05, 0.1) is 11.6 Å². The number of rotatable bonds is 4. The monoisotopic (exact) mass is 516 g/mol. The Bertz CT molecular complexity index is 1220. The van der Waals surface area contributed by atoms with Crippen molar-refractivity contribution in [3.05, 3.63) is 47.3 Å². The Morgan fingerprint density at radius 1 is 1.31 bits per heavy atom. The molecule has 3 aliphatic rings. The van der Waals surface area contributed by atoms with Gasteiger partial charge < -0.3 is 29.3 Å². The quantitative estimate of drug-likeness (QED) is 0.624. The summed E-state index contributed by atoms with van der Waals surface area (Å²) in [4.78, 5) is 35.8. The van der Waals surface area contributed by atoms with E-state index in [0.29, 0.717) is 13.1 Å². The number of phenolic OH excluding ortho intramolecular Hbond substituents is 1. The van der Waals surface area contributed by atoms with Crippen LogP contribution in [0.3, 0.4) is 0 Å². The zero-order valence-electron chi connectivity index (χ0n) is 19.7. The fourth-order valence-electron chi connectivity index (χ4n) is 4.91. The molecule has 36 heavy (non-hydrogen) atoms. The van der Waals surface area contributed by atoms with Gasteiger partial charge >= 0.3 is 0 Å². The second-order valence-electron chi connectivity index (χ2n) is 9.16. The molecule has 4 heterocycles. The Morgan fingerprint density at radius 2 is 2.11 bits per heavy atom. The molecule has 9 nitrogen and oxygen atoms in total. The number of carbonyl (C=O) groups excluding carboxylic acids is 2. The number of hydrogen-bond donors (Lipinski definition) is 1. The number of benzene rings is 1. The summed E-state index contributed by atoms with van der Waals surface area (Å²) in [6, 6.07) is 3.44.